The second-order valence-electron chi connectivity index (χ2n) is 9.35. The third-order valence-corrected chi connectivity index (χ3v) is 6.76. The smallest absolute Gasteiger partial charge is 0.244 e. The lowest BCUT2D eigenvalue weighted by Crippen LogP contribution is -2.57. The van der Waals surface area contributed by atoms with E-state index >= 15 is 0 Å². The Morgan fingerprint density at radius 3 is 2.28 bits per heavy atom. The molecule has 4 rings (SSSR count). The van der Waals surface area contributed by atoms with E-state index in [0.717, 1.165) is 11.3 Å². The normalized spacial score (nSPS) is 15.0. The van der Waals surface area contributed by atoms with Gasteiger partial charge in [-0.15, -0.1) is 0 Å². The molecule has 9 heteroatoms. The lowest BCUT2D eigenvalue weighted by Gasteiger charge is -2.37. The zero-order valence-corrected chi connectivity index (χ0v) is 22.6. The van der Waals surface area contributed by atoms with Crippen LogP contribution in [0.3, 0.4) is 0 Å². The Kier molecular flexibility index (Phi) is 9.69. The Balaban J connectivity index is 1.36. The van der Waals surface area contributed by atoms with E-state index < -0.39 is 23.9 Å². The number of pyridine rings is 1. The van der Waals surface area contributed by atoms with Gasteiger partial charge in [-0.25, -0.2) is 0 Å². The van der Waals surface area contributed by atoms with E-state index in [1.165, 1.54) is 6.08 Å². The van der Waals surface area contributed by atoms with Gasteiger partial charge < -0.3 is 20.4 Å². The summed E-state index contributed by atoms with van der Waals surface area (Å²) in [5.41, 5.74) is 2.58. The number of carbonyl (C=O) groups excluding carboxylic acids is 3. The van der Waals surface area contributed by atoms with Crippen LogP contribution in [0.1, 0.15) is 18.2 Å². The minimum atomic E-state index is -0.910. The monoisotopic (exact) mass is 545 g/mol. The first-order valence-corrected chi connectivity index (χ1v) is 13.3. The van der Waals surface area contributed by atoms with Gasteiger partial charge in [0, 0.05) is 61.3 Å². The van der Waals surface area contributed by atoms with Crippen molar-refractivity contribution in [3.63, 3.8) is 0 Å². The van der Waals surface area contributed by atoms with Gasteiger partial charge in [0.2, 0.25) is 17.7 Å². The van der Waals surface area contributed by atoms with Crippen molar-refractivity contribution in [2.24, 2.45) is 0 Å². The average molecular weight is 546 g/mol. The maximum Gasteiger partial charge on any atom is 0.244 e. The van der Waals surface area contributed by atoms with Crippen LogP contribution in [-0.4, -0.2) is 65.9 Å². The van der Waals surface area contributed by atoms with Gasteiger partial charge in [-0.1, -0.05) is 48.0 Å². The van der Waals surface area contributed by atoms with Crippen LogP contribution in [-0.2, 0) is 20.8 Å². The van der Waals surface area contributed by atoms with E-state index in [1.54, 1.807) is 60.5 Å². The molecule has 8 nitrogen and oxygen atoms in total. The number of nitrogens with zero attached hydrogens (tertiary/aromatic N) is 3. The van der Waals surface area contributed by atoms with Crippen LogP contribution >= 0.6 is 11.6 Å². The van der Waals surface area contributed by atoms with Crippen molar-refractivity contribution in [2.75, 3.05) is 31.1 Å². The predicted octanol–water partition coefficient (Wildman–Crippen LogP) is 3.33. The molecule has 1 fully saturated rings. The van der Waals surface area contributed by atoms with E-state index in [4.69, 9.17) is 11.6 Å². The number of hydrogen-bond donors (Lipinski definition) is 2. The van der Waals surface area contributed by atoms with Gasteiger partial charge in [0.15, 0.2) is 0 Å². The molecule has 202 valence electrons. The van der Waals surface area contributed by atoms with Gasteiger partial charge in [-0.2, -0.15) is 0 Å². The number of amides is 3. The molecule has 3 aromatic rings. The third kappa shape index (κ3) is 8.15. The second-order valence-corrected chi connectivity index (χ2v) is 9.79. The summed E-state index contributed by atoms with van der Waals surface area (Å²) in [6.07, 6.45) is 4.82. The largest absolute Gasteiger partial charge is 0.368 e. The standard InChI is InChI=1S/C30H32ClN5O3/c1-22(30(39)36-19-17-35(18-20-36)26-8-3-2-4-9-26)33-29(38)27(21-25-7-5-6-16-32-25)34-28(37)15-12-23-10-13-24(31)14-11-23/h2-16,22,27H,17-21H2,1H3,(H,33,38)(H,34,37)/t22-,27-/m0/s1. The number of rotatable bonds is 9. The van der Waals surface area contributed by atoms with Gasteiger partial charge in [0.1, 0.15) is 12.1 Å². The fourth-order valence-electron chi connectivity index (χ4n) is 4.38. The molecule has 2 heterocycles. The Hall–Kier alpha value is -4.17. The fraction of sp³-hybridized carbons (Fsp3) is 0.267. The Morgan fingerprint density at radius 1 is 0.923 bits per heavy atom. The number of aromatic nitrogens is 1. The summed E-state index contributed by atoms with van der Waals surface area (Å²) in [5, 5.41) is 6.16. The van der Waals surface area contributed by atoms with E-state index in [0.29, 0.717) is 36.9 Å². The fourth-order valence-corrected chi connectivity index (χ4v) is 4.50. The van der Waals surface area contributed by atoms with Crippen molar-refractivity contribution in [2.45, 2.75) is 25.4 Å². The molecule has 2 N–H and O–H groups in total. The molecule has 39 heavy (non-hydrogen) atoms. The molecule has 2 aromatic carbocycles. The number of nitrogens with one attached hydrogen (secondary N) is 2. The summed E-state index contributed by atoms with van der Waals surface area (Å²) in [5.74, 6) is -1.03. The van der Waals surface area contributed by atoms with Crippen LogP contribution in [0.4, 0.5) is 5.69 Å². The highest BCUT2D eigenvalue weighted by molar-refractivity contribution is 6.30. The highest BCUT2D eigenvalue weighted by Gasteiger charge is 2.29. The number of piperazine rings is 1. The predicted molar refractivity (Wildman–Crippen MR) is 153 cm³/mol. The van der Waals surface area contributed by atoms with E-state index in [2.05, 4.69) is 32.7 Å². The first kappa shape index (κ1) is 27.9. The number of anilines is 1. The zero-order chi connectivity index (χ0) is 27.6. The average Bonchev–Trinajstić information content (AvgIpc) is 2.97. The Morgan fingerprint density at radius 2 is 1.62 bits per heavy atom. The van der Waals surface area contributed by atoms with Crippen molar-refractivity contribution in [1.29, 1.82) is 0 Å². The highest BCUT2D eigenvalue weighted by atomic mass is 35.5. The molecule has 1 aromatic heterocycles. The molecule has 1 aliphatic rings. The molecule has 2 atom stereocenters. The summed E-state index contributed by atoms with van der Waals surface area (Å²) in [6, 6.07) is 20.9. The summed E-state index contributed by atoms with van der Waals surface area (Å²) in [4.78, 5) is 47.4. The first-order valence-electron chi connectivity index (χ1n) is 12.9. The van der Waals surface area contributed by atoms with Gasteiger partial charge in [0.05, 0.1) is 0 Å². The van der Waals surface area contributed by atoms with E-state index in [9.17, 15) is 14.4 Å². The van der Waals surface area contributed by atoms with Crippen LogP contribution in [0.2, 0.25) is 5.02 Å². The van der Waals surface area contributed by atoms with Gasteiger partial charge in [0.25, 0.3) is 0 Å². The number of para-hydroxylation sites is 1. The number of benzene rings is 2. The van der Waals surface area contributed by atoms with Gasteiger partial charge >= 0.3 is 0 Å². The van der Waals surface area contributed by atoms with E-state index in [-0.39, 0.29) is 12.3 Å². The molecule has 0 spiro atoms. The number of carbonyl (C=O) groups is 3. The lowest BCUT2D eigenvalue weighted by atomic mass is 10.1. The molecule has 0 saturated carbocycles. The minimum Gasteiger partial charge on any atom is -0.368 e. The SMILES string of the molecule is C[C@H](NC(=O)[C@H](Cc1ccccn1)NC(=O)C=Cc1ccc(Cl)cc1)C(=O)N1CCN(c2ccccc2)CC1. The van der Waals surface area contributed by atoms with Crippen LogP contribution in [0.5, 0.6) is 0 Å². The maximum atomic E-state index is 13.3. The van der Waals surface area contributed by atoms with Crippen LogP contribution in [0.15, 0.2) is 85.1 Å². The molecule has 0 radical (unpaired) electrons. The molecule has 1 saturated heterocycles. The number of halogens is 1. The zero-order valence-electron chi connectivity index (χ0n) is 21.8. The summed E-state index contributed by atoms with van der Waals surface area (Å²) in [6.45, 7) is 4.24. The van der Waals surface area contributed by atoms with Crippen molar-refractivity contribution in [1.82, 2.24) is 20.5 Å². The Bertz CT molecular complexity index is 1280. The van der Waals surface area contributed by atoms with Crippen molar-refractivity contribution < 1.29 is 14.4 Å². The highest BCUT2D eigenvalue weighted by Crippen LogP contribution is 2.16. The van der Waals surface area contributed by atoms with Crippen LogP contribution in [0.25, 0.3) is 6.08 Å². The van der Waals surface area contributed by atoms with Crippen molar-refractivity contribution in [3.05, 3.63) is 101 Å². The quantitative estimate of drug-likeness (QED) is 0.402. The van der Waals surface area contributed by atoms with Gasteiger partial charge in [-0.3, -0.25) is 19.4 Å². The third-order valence-electron chi connectivity index (χ3n) is 6.51. The molecular weight excluding hydrogens is 514 g/mol. The Labute approximate surface area is 233 Å². The maximum absolute atomic E-state index is 13.3. The first-order chi connectivity index (χ1) is 18.9. The molecule has 1 aliphatic heterocycles. The summed E-state index contributed by atoms with van der Waals surface area (Å²) >= 11 is 5.92. The molecule has 0 bridgehead atoms. The van der Waals surface area contributed by atoms with Crippen molar-refractivity contribution >= 4 is 41.1 Å². The van der Waals surface area contributed by atoms with Crippen LogP contribution in [0, 0.1) is 0 Å². The molecule has 0 aliphatic carbocycles. The summed E-state index contributed by atoms with van der Waals surface area (Å²) in [7, 11) is 0. The van der Waals surface area contributed by atoms with Crippen LogP contribution < -0.4 is 15.5 Å². The van der Waals surface area contributed by atoms with Crippen molar-refractivity contribution in [3.8, 4) is 0 Å². The molecule has 3 amide bonds. The number of hydrogen-bond acceptors (Lipinski definition) is 5. The topological polar surface area (TPSA) is 94.6 Å². The van der Waals surface area contributed by atoms with E-state index in [1.807, 2.05) is 24.3 Å². The summed E-state index contributed by atoms with van der Waals surface area (Å²) < 4.78 is 0. The lowest BCUT2D eigenvalue weighted by molar-refractivity contribution is -0.137. The molecular formula is C30H32ClN5O3. The minimum absolute atomic E-state index is 0.151. The van der Waals surface area contributed by atoms with Gasteiger partial charge in [-0.05, 0) is 55.0 Å². The molecule has 0 unspecified atom stereocenters. The second kappa shape index (κ2) is 13.6.